The number of aliphatic imine (C=N–C) groups is 1. The minimum Gasteiger partial charge on any atom is -0.469 e. The summed E-state index contributed by atoms with van der Waals surface area (Å²) in [6.45, 7) is 6.69. The summed E-state index contributed by atoms with van der Waals surface area (Å²) in [4.78, 5) is 28.1. The molecule has 0 fully saturated rings. The molecule has 2 unspecified atom stereocenters. The molecule has 2 N–H and O–H groups in total. The number of esters is 1. The summed E-state index contributed by atoms with van der Waals surface area (Å²) in [6.07, 6.45) is 1.04. The van der Waals surface area contributed by atoms with Gasteiger partial charge >= 0.3 is 5.97 Å². The van der Waals surface area contributed by atoms with Crippen LogP contribution in [0.25, 0.3) is 0 Å². The molecule has 2 rings (SSSR count). The van der Waals surface area contributed by atoms with Crippen LogP contribution in [0.5, 0.6) is 0 Å². The predicted molar refractivity (Wildman–Crippen MR) is 102 cm³/mol. The first-order chi connectivity index (χ1) is 11.9. The highest BCUT2D eigenvalue weighted by Gasteiger charge is 2.24. The molecular formula is C18H25N3O3S. The summed E-state index contributed by atoms with van der Waals surface area (Å²) in [7, 11) is 1.38. The molecule has 1 aromatic carbocycles. The van der Waals surface area contributed by atoms with Crippen molar-refractivity contribution in [2.45, 2.75) is 44.9 Å². The number of amidine groups is 1. The van der Waals surface area contributed by atoms with Crippen LogP contribution >= 0.6 is 11.8 Å². The zero-order valence-electron chi connectivity index (χ0n) is 15.1. The van der Waals surface area contributed by atoms with Crippen molar-refractivity contribution in [2.75, 3.05) is 19.0 Å². The number of methoxy groups -OCH3 is 1. The first-order valence-corrected chi connectivity index (χ1v) is 9.26. The van der Waals surface area contributed by atoms with Gasteiger partial charge in [0, 0.05) is 29.5 Å². The number of nitrogens with one attached hydrogen (secondary N) is 2. The summed E-state index contributed by atoms with van der Waals surface area (Å²) in [6, 6.07) is 5.88. The van der Waals surface area contributed by atoms with Gasteiger partial charge in [-0.2, -0.15) is 0 Å². The quantitative estimate of drug-likeness (QED) is 0.600. The Balaban J connectivity index is 1.95. The largest absolute Gasteiger partial charge is 0.469 e. The number of hydrogen-bond donors (Lipinski definition) is 2. The molecule has 0 saturated carbocycles. The van der Waals surface area contributed by atoms with Crippen molar-refractivity contribution in [1.82, 2.24) is 5.32 Å². The molecule has 1 amide bonds. The van der Waals surface area contributed by atoms with E-state index in [0.717, 1.165) is 11.3 Å². The van der Waals surface area contributed by atoms with Crippen molar-refractivity contribution in [3.8, 4) is 0 Å². The molecule has 0 spiro atoms. The smallest absolute Gasteiger partial charge is 0.305 e. The van der Waals surface area contributed by atoms with Crippen LogP contribution in [0.15, 0.2) is 23.2 Å². The van der Waals surface area contributed by atoms with E-state index in [4.69, 9.17) is 0 Å². The Morgan fingerprint density at radius 1 is 1.32 bits per heavy atom. The Morgan fingerprint density at radius 2 is 2.08 bits per heavy atom. The average Bonchev–Trinajstić information content (AvgIpc) is 2.90. The number of carbonyl (C=O) groups excluding carboxylic acids is 2. The second-order valence-corrected chi connectivity index (χ2v) is 7.45. The van der Waals surface area contributed by atoms with Crippen LogP contribution in [0, 0.1) is 6.92 Å². The SMILES string of the molecule is COC(=O)CCCNc1ccc(C)c(C(=O)NC2=NC(C)C(C)S2)c1. The van der Waals surface area contributed by atoms with E-state index in [1.54, 1.807) is 11.8 Å². The van der Waals surface area contributed by atoms with Crippen molar-refractivity contribution >= 4 is 34.5 Å². The topological polar surface area (TPSA) is 79.8 Å². The molecule has 6 nitrogen and oxygen atoms in total. The van der Waals surface area contributed by atoms with Gasteiger partial charge in [-0.1, -0.05) is 24.8 Å². The minimum atomic E-state index is -0.218. The number of ether oxygens (including phenoxy) is 1. The highest BCUT2D eigenvalue weighted by Crippen LogP contribution is 2.25. The maximum absolute atomic E-state index is 12.6. The lowest BCUT2D eigenvalue weighted by Gasteiger charge is -2.11. The number of hydrogen-bond acceptors (Lipinski definition) is 6. The monoisotopic (exact) mass is 363 g/mol. The molecule has 25 heavy (non-hydrogen) atoms. The fraction of sp³-hybridized carbons (Fsp3) is 0.500. The standard InChI is InChI=1S/C18H25N3O3S/c1-11-7-8-14(19-9-5-6-16(22)24-4)10-15(11)17(23)21-18-20-12(2)13(3)25-18/h7-8,10,12-13,19H,5-6,9H2,1-4H3,(H,20,21,23). The van der Waals surface area contributed by atoms with E-state index in [9.17, 15) is 9.59 Å². The molecule has 1 aliphatic heterocycles. The van der Waals surface area contributed by atoms with Crippen LogP contribution in [0.1, 0.15) is 42.6 Å². The number of nitrogens with zero attached hydrogens (tertiary/aromatic N) is 1. The molecule has 0 aliphatic carbocycles. The summed E-state index contributed by atoms with van der Waals surface area (Å²) in [5.41, 5.74) is 2.37. The molecule has 0 radical (unpaired) electrons. The highest BCUT2D eigenvalue weighted by atomic mass is 32.2. The summed E-state index contributed by atoms with van der Waals surface area (Å²) in [5, 5.41) is 7.19. The van der Waals surface area contributed by atoms with Gasteiger partial charge in [-0.15, -0.1) is 0 Å². The minimum absolute atomic E-state index is 0.150. The number of anilines is 1. The Bertz CT molecular complexity index is 676. The number of carbonyl (C=O) groups is 2. The van der Waals surface area contributed by atoms with E-state index in [1.807, 2.05) is 32.0 Å². The van der Waals surface area contributed by atoms with E-state index in [1.165, 1.54) is 7.11 Å². The summed E-state index contributed by atoms with van der Waals surface area (Å²) < 4.78 is 4.61. The molecule has 0 bridgehead atoms. The number of thioether (sulfide) groups is 1. The lowest BCUT2D eigenvalue weighted by Crippen LogP contribution is -2.28. The van der Waals surface area contributed by atoms with E-state index in [0.29, 0.717) is 35.4 Å². The Morgan fingerprint density at radius 3 is 2.72 bits per heavy atom. The molecule has 136 valence electrons. The van der Waals surface area contributed by atoms with Crippen LogP contribution in [0.3, 0.4) is 0 Å². The molecule has 1 aliphatic rings. The number of amides is 1. The van der Waals surface area contributed by atoms with E-state index in [-0.39, 0.29) is 17.9 Å². The maximum Gasteiger partial charge on any atom is 0.305 e. The van der Waals surface area contributed by atoms with Crippen LogP contribution in [-0.4, -0.2) is 42.0 Å². The van der Waals surface area contributed by atoms with Gasteiger partial charge in [-0.3, -0.25) is 14.6 Å². The third kappa shape index (κ3) is 5.49. The van der Waals surface area contributed by atoms with Crippen molar-refractivity contribution in [1.29, 1.82) is 0 Å². The van der Waals surface area contributed by atoms with Gasteiger partial charge in [0.05, 0.1) is 13.2 Å². The maximum atomic E-state index is 12.6. The fourth-order valence-corrected chi connectivity index (χ4v) is 3.35. The normalized spacial score (nSPS) is 19.3. The van der Waals surface area contributed by atoms with Gasteiger partial charge in [-0.05, 0) is 38.0 Å². The number of benzene rings is 1. The first-order valence-electron chi connectivity index (χ1n) is 8.38. The lowest BCUT2D eigenvalue weighted by molar-refractivity contribution is -0.140. The Hall–Kier alpha value is -2.02. The van der Waals surface area contributed by atoms with Gasteiger partial charge in [0.25, 0.3) is 5.91 Å². The first kappa shape index (κ1) is 19.3. The van der Waals surface area contributed by atoms with Crippen LogP contribution < -0.4 is 10.6 Å². The predicted octanol–water partition coefficient (Wildman–Crippen LogP) is 2.97. The molecule has 0 saturated heterocycles. The summed E-state index contributed by atoms with van der Waals surface area (Å²) in [5.74, 6) is -0.368. The molecule has 1 heterocycles. The molecule has 7 heteroatoms. The highest BCUT2D eigenvalue weighted by molar-refractivity contribution is 8.14. The Kier molecular flexibility index (Phi) is 6.87. The van der Waals surface area contributed by atoms with Crippen molar-refractivity contribution < 1.29 is 14.3 Å². The molecule has 1 aromatic rings. The van der Waals surface area contributed by atoms with Crippen LogP contribution in [-0.2, 0) is 9.53 Å². The second kappa shape index (κ2) is 8.89. The van der Waals surface area contributed by atoms with E-state index in [2.05, 4.69) is 27.3 Å². The average molecular weight is 363 g/mol. The molecule has 0 aromatic heterocycles. The van der Waals surface area contributed by atoms with E-state index >= 15 is 0 Å². The zero-order valence-corrected chi connectivity index (χ0v) is 15.9. The fourth-order valence-electron chi connectivity index (χ4n) is 2.37. The Labute approximate surface area is 152 Å². The summed E-state index contributed by atoms with van der Waals surface area (Å²) >= 11 is 1.59. The van der Waals surface area contributed by atoms with Crippen molar-refractivity contribution in [3.63, 3.8) is 0 Å². The van der Waals surface area contributed by atoms with Gasteiger partial charge in [-0.25, -0.2) is 0 Å². The molecule has 2 atom stereocenters. The number of rotatable bonds is 6. The van der Waals surface area contributed by atoms with Crippen molar-refractivity contribution in [2.24, 2.45) is 4.99 Å². The van der Waals surface area contributed by atoms with Crippen molar-refractivity contribution in [3.05, 3.63) is 29.3 Å². The van der Waals surface area contributed by atoms with Gasteiger partial charge in [0.2, 0.25) is 0 Å². The third-order valence-corrected chi connectivity index (χ3v) is 5.31. The van der Waals surface area contributed by atoms with Gasteiger partial charge < -0.3 is 15.4 Å². The van der Waals surface area contributed by atoms with Crippen LogP contribution in [0.2, 0.25) is 0 Å². The number of aryl methyl sites for hydroxylation is 1. The second-order valence-electron chi connectivity index (χ2n) is 6.09. The third-order valence-electron chi connectivity index (χ3n) is 4.11. The van der Waals surface area contributed by atoms with Crippen LogP contribution in [0.4, 0.5) is 5.69 Å². The molecular weight excluding hydrogens is 338 g/mol. The lowest BCUT2D eigenvalue weighted by atomic mass is 10.1. The van der Waals surface area contributed by atoms with E-state index < -0.39 is 0 Å². The zero-order chi connectivity index (χ0) is 18.4. The van der Waals surface area contributed by atoms with Gasteiger partial charge in [0.15, 0.2) is 5.17 Å². The van der Waals surface area contributed by atoms with Gasteiger partial charge in [0.1, 0.15) is 0 Å².